The zero-order valence-corrected chi connectivity index (χ0v) is 19.6. The molecule has 0 unspecified atom stereocenters. The van der Waals surface area contributed by atoms with Crippen molar-refractivity contribution in [3.05, 3.63) is 97.4 Å². The maximum Gasteiger partial charge on any atom is 0.318 e. The number of amides is 1. The quantitative estimate of drug-likeness (QED) is 0.236. The molecule has 36 heavy (non-hydrogen) atoms. The van der Waals surface area contributed by atoms with Crippen molar-refractivity contribution >= 4 is 46.0 Å². The highest BCUT2D eigenvalue weighted by Gasteiger charge is 2.25. The van der Waals surface area contributed by atoms with Crippen molar-refractivity contribution < 1.29 is 24.1 Å². The Morgan fingerprint density at radius 1 is 0.972 bits per heavy atom. The first-order valence-electron chi connectivity index (χ1n) is 10.6. The maximum absolute atomic E-state index is 12.4. The second-order valence-electron chi connectivity index (χ2n) is 7.22. The summed E-state index contributed by atoms with van der Waals surface area (Å²) in [5.41, 5.74) is 0.357. The summed E-state index contributed by atoms with van der Waals surface area (Å²) in [7, 11) is 0. The number of non-ortho nitro benzene ring substituents is 1. The Labute approximate surface area is 208 Å². The Bertz CT molecular complexity index is 1410. The topological polar surface area (TPSA) is 146 Å². The van der Waals surface area contributed by atoms with Gasteiger partial charge in [0.15, 0.2) is 16.7 Å². The van der Waals surface area contributed by atoms with E-state index in [0.717, 1.165) is 18.2 Å². The van der Waals surface area contributed by atoms with E-state index in [2.05, 4.69) is 10.3 Å². The Hall–Kier alpha value is -4.71. The Morgan fingerprint density at radius 3 is 2.42 bits per heavy atom. The monoisotopic (exact) mass is 506 g/mol. The number of para-hydroxylation sites is 1. The smallest absolute Gasteiger partial charge is 0.318 e. The van der Waals surface area contributed by atoms with Crippen molar-refractivity contribution in [2.45, 2.75) is 6.92 Å². The molecule has 0 aromatic heterocycles. The van der Waals surface area contributed by atoms with Gasteiger partial charge in [-0.1, -0.05) is 24.3 Å². The van der Waals surface area contributed by atoms with Gasteiger partial charge in [-0.2, -0.15) is 0 Å². The SMILES string of the molecule is CCOc1cc(/C=C2\SC(=Nc3ccccc3)NC2=O)ccc1Oc1ccc([N+](=O)[O-])cc1[N+](=O)[O-]. The van der Waals surface area contributed by atoms with Crippen LogP contribution in [-0.4, -0.2) is 27.5 Å². The molecular formula is C24H18N4O7S. The number of nitro benzene ring substituents is 2. The van der Waals surface area contributed by atoms with Gasteiger partial charge in [0, 0.05) is 6.07 Å². The summed E-state index contributed by atoms with van der Waals surface area (Å²) >= 11 is 1.19. The van der Waals surface area contributed by atoms with Crippen LogP contribution in [0.3, 0.4) is 0 Å². The standard InChI is InChI=1S/C24H18N4O7S/c1-2-34-21-12-15(13-22-23(29)26-24(36-22)25-16-6-4-3-5-7-16)8-10-20(21)35-19-11-9-17(27(30)31)14-18(19)28(32)33/h3-14H,2H2,1H3,(H,25,26,29)/b22-13-. The predicted octanol–water partition coefficient (Wildman–Crippen LogP) is 5.59. The van der Waals surface area contributed by atoms with Crippen LogP contribution in [-0.2, 0) is 4.79 Å². The minimum absolute atomic E-state index is 0.172. The van der Waals surface area contributed by atoms with Gasteiger partial charge < -0.3 is 14.8 Å². The van der Waals surface area contributed by atoms with Crippen molar-refractivity contribution in [3.8, 4) is 17.2 Å². The van der Waals surface area contributed by atoms with E-state index in [4.69, 9.17) is 9.47 Å². The number of thioether (sulfide) groups is 1. The van der Waals surface area contributed by atoms with Crippen LogP contribution < -0.4 is 14.8 Å². The van der Waals surface area contributed by atoms with E-state index < -0.39 is 21.2 Å². The fraction of sp³-hybridized carbons (Fsp3) is 0.0833. The van der Waals surface area contributed by atoms with Gasteiger partial charge in [-0.15, -0.1) is 0 Å². The van der Waals surface area contributed by atoms with Gasteiger partial charge in [-0.05, 0) is 60.7 Å². The van der Waals surface area contributed by atoms with Crippen LogP contribution >= 0.6 is 11.8 Å². The van der Waals surface area contributed by atoms with Crippen molar-refractivity contribution in [3.63, 3.8) is 0 Å². The molecule has 0 spiro atoms. The second-order valence-corrected chi connectivity index (χ2v) is 8.26. The number of hydrogen-bond acceptors (Lipinski definition) is 9. The lowest BCUT2D eigenvalue weighted by molar-refractivity contribution is -0.394. The summed E-state index contributed by atoms with van der Waals surface area (Å²) < 4.78 is 11.3. The van der Waals surface area contributed by atoms with Gasteiger partial charge in [0.05, 0.1) is 33.1 Å². The lowest BCUT2D eigenvalue weighted by Crippen LogP contribution is -2.19. The minimum atomic E-state index is -0.758. The van der Waals surface area contributed by atoms with E-state index in [0.29, 0.717) is 21.3 Å². The van der Waals surface area contributed by atoms with Crippen LogP contribution in [0.1, 0.15) is 12.5 Å². The van der Waals surface area contributed by atoms with Crippen LogP contribution in [0.4, 0.5) is 17.1 Å². The number of nitrogens with one attached hydrogen (secondary N) is 1. The number of amidine groups is 1. The number of carbonyl (C=O) groups is 1. The summed E-state index contributed by atoms with van der Waals surface area (Å²) in [4.78, 5) is 38.2. The summed E-state index contributed by atoms with van der Waals surface area (Å²) in [5.74, 6) is -0.0217. The molecule has 3 aromatic rings. The van der Waals surface area contributed by atoms with E-state index in [-0.39, 0.29) is 29.8 Å². The third-order valence-electron chi connectivity index (χ3n) is 4.77. The van der Waals surface area contributed by atoms with Gasteiger partial charge in [0.1, 0.15) is 0 Å². The van der Waals surface area contributed by atoms with Crippen LogP contribution in [0.25, 0.3) is 6.08 Å². The molecule has 0 aliphatic carbocycles. The number of hydrogen-bond donors (Lipinski definition) is 1. The molecule has 3 aromatic carbocycles. The summed E-state index contributed by atoms with van der Waals surface area (Å²) in [6, 6.07) is 17.2. The number of nitrogens with zero attached hydrogens (tertiary/aromatic N) is 3. The van der Waals surface area contributed by atoms with Crippen molar-refractivity contribution in [2.24, 2.45) is 4.99 Å². The fourth-order valence-electron chi connectivity index (χ4n) is 3.19. The Balaban J connectivity index is 1.60. The van der Waals surface area contributed by atoms with Gasteiger partial charge in [0.2, 0.25) is 5.75 Å². The third kappa shape index (κ3) is 5.67. The van der Waals surface area contributed by atoms with Crippen molar-refractivity contribution in [1.29, 1.82) is 0 Å². The number of aliphatic imine (C=N–C) groups is 1. The second kappa shape index (κ2) is 10.7. The zero-order chi connectivity index (χ0) is 25.7. The Kier molecular flexibility index (Phi) is 7.25. The molecule has 0 saturated carbocycles. The van der Waals surface area contributed by atoms with Gasteiger partial charge in [-0.25, -0.2) is 4.99 Å². The number of ether oxygens (including phenoxy) is 2. The molecule has 0 atom stereocenters. The maximum atomic E-state index is 12.4. The third-order valence-corrected chi connectivity index (χ3v) is 5.68. The predicted molar refractivity (Wildman–Crippen MR) is 135 cm³/mol. The summed E-state index contributed by atoms with van der Waals surface area (Å²) in [6.07, 6.45) is 1.66. The van der Waals surface area contributed by atoms with E-state index >= 15 is 0 Å². The first kappa shape index (κ1) is 24.4. The van der Waals surface area contributed by atoms with Crippen molar-refractivity contribution in [2.75, 3.05) is 6.61 Å². The number of benzene rings is 3. The molecule has 1 aliphatic heterocycles. The largest absolute Gasteiger partial charge is 0.490 e. The molecule has 1 saturated heterocycles. The molecule has 12 heteroatoms. The average Bonchev–Trinajstić information content (AvgIpc) is 3.19. The number of rotatable bonds is 8. The number of carbonyl (C=O) groups excluding carboxylic acids is 1. The molecule has 1 amide bonds. The molecule has 1 N–H and O–H groups in total. The van der Waals surface area contributed by atoms with Gasteiger partial charge >= 0.3 is 5.69 Å². The Morgan fingerprint density at radius 2 is 1.72 bits per heavy atom. The van der Waals surface area contributed by atoms with Crippen LogP contribution in [0, 0.1) is 20.2 Å². The van der Waals surface area contributed by atoms with Crippen molar-refractivity contribution in [1.82, 2.24) is 5.32 Å². The molecule has 0 bridgehead atoms. The van der Waals surface area contributed by atoms with Crippen LogP contribution in [0.15, 0.2) is 76.6 Å². The average molecular weight is 506 g/mol. The molecule has 1 fully saturated rings. The highest BCUT2D eigenvalue weighted by molar-refractivity contribution is 8.18. The first-order valence-corrected chi connectivity index (χ1v) is 11.4. The van der Waals surface area contributed by atoms with Crippen LogP contribution in [0.2, 0.25) is 0 Å². The number of nitro groups is 2. The normalized spacial score (nSPS) is 15.1. The van der Waals surface area contributed by atoms with E-state index in [1.165, 1.54) is 11.8 Å². The van der Waals surface area contributed by atoms with Gasteiger partial charge in [0.25, 0.3) is 11.6 Å². The molecule has 0 radical (unpaired) electrons. The zero-order valence-electron chi connectivity index (χ0n) is 18.7. The molecule has 1 aliphatic rings. The fourth-order valence-corrected chi connectivity index (χ4v) is 4.03. The summed E-state index contributed by atoms with van der Waals surface area (Å²) in [5, 5.41) is 25.6. The first-order chi connectivity index (χ1) is 17.3. The molecule has 11 nitrogen and oxygen atoms in total. The lowest BCUT2D eigenvalue weighted by atomic mass is 10.2. The van der Waals surface area contributed by atoms with E-state index in [1.807, 2.05) is 30.3 Å². The summed E-state index contributed by atoms with van der Waals surface area (Å²) in [6.45, 7) is 2.04. The van der Waals surface area contributed by atoms with Crippen LogP contribution in [0.5, 0.6) is 17.2 Å². The highest BCUT2D eigenvalue weighted by Crippen LogP contribution is 2.39. The van der Waals surface area contributed by atoms with E-state index in [1.54, 1.807) is 31.2 Å². The molecular weight excluding hydrogens is 488 g/mol. The van der Waals surface area contributed by atoms with E-state index in [9.17, 15) is 25.0 Å². The molecule has 182 valence electrons. The molecule has 1 heterocycles. The highest BCUT2D eigenvalue weighted by atomic mass is 32.2. The van der Waals surface area contributed by atoms with Gasteiger partial charge in [-0.3, -0.25) is 25.0 Å². The lowest BCUT2D eigenvalue weighted by Gasteiger charge is -2.12. The minimum Gasteiger partial charge on any atom is -0.490 e. The molecule has 4 rings (SSSR count).